The Hall–Kier alpha value is -2.37. The molecule has 6 heteroatoms. The van der Waals surface area contributed by atoms with E-state index in [-0.39, 0.29) is 30.3 Å². The number of carbonyl (C=O) groups is 2. The van der Waals surface area contributed by atoms with Crippen LogP contribution >= 0.6 is 12.4 Å². The van der Waals surface area contributed by atoms with Crippen molar-refractivity contribution in [3.63, 3.8) is 0 Å². The van der Waals surface area contributed by atoms with E-state index in [1.54, 1.807) is 12.1 Å². The first-order valence-corrected chi connectivity index (χ1v) is 8.63. The molecule has 0 bridgehead atoms. The van der Waals surface area contributed by atoms with Crippen LogP contribution < -0.4 is 16.0 Å². The molecule has 0 aliphatic carbocycles. The molecule has 1 aliphatic rings. The molecule has 0 spiro atoms. The lowest BCUT2D eigenvalue weighted by Gasteiger charge is -2.21. The Bertz CT molecular complexity index is 704. The SMILES string of the molecule is Cl.O=C(NC(Cc1ccccc1)C(=O)NC1CCNC1)c1ccccc1. The zero-order chi connectivity index (χ0) is 17.5. The number of amides is 2. The molecule has 2 aromatic rings. The first kappa shape index (κ1) is 19.9. The maximum atomic E-state index is 12.7. The van der Waals surface area contributed by atoms with E-state index in [2.05, 4.69) is 16.0 Å². The molecular formula is C20H24ClN3O2. The Morgan fingerprint density at radius 2 is 1.69 bits per heavy atom. The van der Waals surface area contributed by atoms with E-state index in [1.807, 2.05) is 48.5 Å². The van der Waals surface area contributed by atoms with Crippen LogP contribution in [0.2, 0.25) is 0 Å². The molecule has 0 aromatic heterocycles. The van der Waals surface area contributed by atoms with Gasteiger partial charge in [0.25, 0.3) is 5.91 Å². The molecule has 138 valence electrons. The van der Waals surface area contributed by atoms with Gasteiger partial charge >= 0.3 is 0 Å². The summed E-state index contributed by atoms with van der Waals surface area (Å²) in [5.74, 6) is -0.372. The van der Waals surface area contributed by atoms with Crippen LogP contribution in [-0.4, -0.2) is 37.0 Å². The summed E-state index contributed by atoms with van der Waals surface area (Å²) in [5, 5.41) is 9.15. The van der Waals surface area contributed by atoms with Gasteiger partial charge in [0.2, 0.25) is 5.91 Å². The highest BCUT2D eigenvalue weighted by molar-refractivity contribution is 5.97. The van der Waals surface area contributed by atoms with Gasteiger partial charge in [-0.25, -0.2) is 0 Å². The fourth-order valence-corrected chi connectivity index (χ4v) is 2.97. The zero-order valence-corrected chi connectivity index (χ0v) is 15.3. The molecule has 1 heterocycles. The summed E-state index contributed by atoms with van der Waals surface area (Å²) in [5.41, 5.74) is 1.57. The quantitative estimate of drug-likeness (QED) is 0.724. The third kappa shape index (κ3) is 5.58. The zero-order valence-electron chi connectivity index (χ0n) is 14.5. The number of hydrogen-bond donors (Lipinski definition) is 3. The van der Waals surface area contributed by atoms with Gasteiger partial charge in [-0.3, -0.25) is 9.59 Å². The number of hydrogen-bond acceptors (Lipinski definition) is 3. The van der Waals surface area contributed by atoms with Crippen molar-refractivity contribution in [2.75, 3.05) is 13.1 Å². The minimum atomic E-state index is -0.601. The van der Waals surface area contributed by atoms with Gasteiger partial charge in [0.15, 0.2) is 0 Å². The predicted octanol–water partition coefficient (Wildman–Crippen LogP) is 1.93. The van der Waals surface area contributed by atoms with Crippen LogP contribution in [0.5, 0.6) is 0 Å². The first-order chi connectivity index (χ1) is 12.2. The van der Waals surface area contributed by atoms with Crippen LogP contribution in [0, 0.1) is 0 Å². The van der Waals surface area contributed by atoms with Gasteiger partial charge < -0.3 is 16.0 Å². The standard InChI is InChI=1S/C20H23N3O2.ClH/c24-19(16-9-5-2-6-10-16)23-18(13-15-7-3-1-4-8-15)20(25)22-17-11-12-21-14-17;/h1-10,17-18,21H,11-14H2,(H,22,25)(H,23,24);1H. The predicted molar refractivity (Wildman–Crippen MR) is 105 cm³/mol. The number of rotatable bonds is 6. The van der Waals surface area contributed by atoms with Gasteiger partial charge in [0.05, 0.1) is 0 Å². The highest BCUT2D eigenvalue weighted by atomic mass is 35.5. The van der Waals surface area contributed by atoms with Crippen molar-refractivity contribution in [3.05, 3.63) is 71.8 Å². The summed E-state index contributed by atoms with van der Waals surface area (Å²) in [6.07, 6.45) is 1.38. The van der Waals surface area contributed by atoms with E-state index >= 15 is 0 Å². The van der Waals surface area contributed by atoms with Crippen LogP contribution in [0.15, 0.2) is 60.7 Å². The molecule has 3 rings (SSSR count). The normalized spacial score (nSPS) is 17.0. The van der Waals surface area contributed by atoms with Gasteiger partial charge in [0, 0.05) is 24.6 Å². The molecule has 2 unspecified atom stereocenters. The molecule has 2 atom stereocenters. The molecule has 3 N–H and O–H groups in total. The number of carbonyl (C=O) groups excluding carboxylic acids is 2. The first-order valence-electron chi connectivity index (χ1n) is 8.63. The lowest BCUT2D eigenvalue weighted by molar-refractivity contribution is -0.123. The van der Waals surface area contributed by atoms with Crippen molar-refractivity contribution in [1.82, 2.24) is 16.0 Å². The summed E-state index contributed by atoms with van der Waals surface area (Å²) < 4.78 is 0. The molecule has 2 aromatic carbocycles. The van der Waals surface area contributed by atoms with Gasteiger partial charge in [-0.2, -0.15) is 0 Å². The van der Waals surface area contributed by atoms with Gasteiger partial charge in [0.1, 0.15) is 6.04 Å². The van der Waals surface area contributed by atoms with Crippen molar-refractivity contribution in [3.8, 4) is 0 Å². The molecule has 0 radical (unpaired) electrons. The highest BCUT2D eigenvalue weighted by Gasteiger charge is 2.25. The third-order valence-corrected chi connectivity index (χ3v) is 4.35. The second-order valence-electron chi connectivity index (χ2n) is 6.28. The number of halogens is 1. The highest BCUT2D eigenvalue weighted by Crippen LogP contribution is 2.07. The van der Waals surface area contributed by atoms with E-state index in [9.17, 15) is 9.59 Å². The number of nitrogens with one attached hydrogen (secondary N) is 3. The van der Waals surface area contributed by atoms with Gasteiger partial charge in [-0.05, 0) is 30.7 Å². The topological polar surface area (TPSA) is 70.2 Å². The second kappa shape index (κ2) is 9.94. The summed E-state index contributed by atoms with van der Waals surface area (Å²) >= 11 is 0. The molecule has 2 amide bonds. The Labute approximate surface area is 160 Å². The lowest BCUT2D eigenvalue weighted by Crippen LogP contribution is -2.51. The molecule has 1 aliphatic heterocycles. The van der Waals surface area contributed by atoms with Gasteiger partial charge in [-0.15, -0.1) is 12.4 Å². The fraction of sp³-hybridized carbons (Fsp3) is 0.300. The summed E-state index contributed by atoms with van der Waals surface area (Å²) in [7, 11) is 0. The van der Waals surface area contributed by atoms with Crippen LogP contribution in [-0.2, 0) is 11.2 Å². The second-order valence-corrected chi connectivity index (χ2v) is 6.28. The monoisotopic (exact) mass is 373 g/mol. The average Bonchev–Trinajstić information content (AvgIpc) is 3.15. The Balaban J connectivity index is 0.00000243. The van der Waals surface area contributed by atoms with E-state index in [1.165, 1.54) is 0 Å². The maximum absolute atomic E-state index is 12.7. The van der Waals surface area contributed by atoms with Gasteiger partial charge in [-0.1, -0.05) is 48.5 Å². The van der Waals surface area contributed by atoms with Crippen LogP contribution in [0.1, 0.15) is 22.3 Å². The Morgan fingerprint density at radius 3 is 2.31 bits per heavy atom. The van der Waals surface area contributed by atoms with E-state index < -0.39 is 6.04 Å². The van der Waals surface area contributed by atoms with E-state index in [0.717, 1.165) is 25.1 Å². The largest absolute Gasteiger partial charge is 0.350 e. The molecular weight excluding hydrogens is 350 g/mol. The maximum Gasteiger partial charge on any atom is 0.251 e. The summed E-state index contributed by atoms with van der Waals surface area (Å²) in [4.78, 5) is 25.2. The third-order valence-electron chi connectivity index (χ3n) is 4.35. The average molecular weight is 374 g/mol. The number of benzene rings is 2. The summed E-state index contributed by atoms with van der Waals surface area (Å²) in [6, 6.07) is 18.2. The Kier molecular flexibility index (Phi) is 7.63. The molecule has 1 fully saturated rings. The molecule has 0 saturated carbocycles. The minimum Gasteiger partial charge on any atom is -0.350 e. The molecule has 1 saturated heterocycles. The van der Waals surface area contributed by atoms with Crippen LogP contribution in [0.3, 0.4) is 0 Å². The van der Waals surface area contributed by atoms with Crippen molar-refractivity contribution in [2.45, 2.75) is 24.9 Å². The smallest absolute Gasteiger partial charge is 0.251 e. The fourth-order valence-electron chi connectivity index (χ4n) is 2.97. The molecule has 26 heavy (non-hydrogen) atoms. The van der Waals surface area contributed by atoms with Crippen molar-refractivity contribution in [1.29, 1.82) is 0 Å². The van der Waals surface area contributed by atoms with Crippen LogP contribution in [0.4, 0.5) is 0 Å². The van der Waals surface area contributed by atoms with Crippen molar-refractivity contribution >= 4 is 24.2 Å². The molecule has 5 nitrogen and oxygen atoms in total. The van der Waals surface area contributed by atoms with Crippen molar-refractivity contribution in [2.24, 2.45) is 0 Å². The Morgan fingerprint density at radius 1 is 1.04 bits per heavy atom. The summed E-state index contributed by atoms with van der Waals surface area (Å²) in [6.45, 7) is 1.68. The van der Waals surface area contributed by atoms with E-state index in [0.29, 0.717) is 12.0 Å². The van der Waals surface area contributed by atoms with Crippen LogP contribution in [0.25, 0.3) is 0 Å². The minimum absolute atomic E-state index is 0. The lowest BCUT2D eigenvalue weighted by atomic mass is 10.0. The van der Waals surface area contributed by atoms with E-state index in [4.69, 9.17) is 0 Å². The van der Waals surface area contributed by atoms with Crippen molar-refractivity contribution < 1.29 is 9.59 Å².